The maximum Gasteiger partial charge on any atom is 0.332 e. The number of aromatic nitrogens is 2. The molecule has 9 nitrogen and oxygen atoms in total. The van der Waals surface area contributed by atoms with Gasteiger partial charge in [-0.05, 0) is 44.9 Å². The molecule has 2 unspecified atom stereocenters. The summed E-state index contributed by atoms with van der Waals surface area (Å²) < 4.78 is 61.6. The van der Waals surface area contributed by atoms with Crippen LogP contribution in [0.3, 0.4) is 0 Å². The zero-order chi connectivity index (χ0) is 20.3. The van der Waals surface area contributed by atoms with E-state index in [9.17, 15) is 22.0 Å². The lowest BCUT2D eigenvalue weighted by atomic mass is 10.3. The van der Waals surface area contributed by atoms with Gasteiger partial charge in [0.05, 0.1) is 15.9 Å². The van der Waals surface area contributed by atoms with Crippen molar-refractivity contribution in [1.82, 2.24) is 24.7 Å². The highest BCUT2D eigenvalue weighted by molar-refractivity contribution is 7.89. The Morgan fingerprint density at radius 3 is 2.61 bits per heavy atom. The molecule has 0 spiro atoms. The van der Waals surface area contributed by atoms with Gasteiger partial charge >= 0.3 is 5.69 Å². The van der Waals surface area contributed by atoms with Gasteiger partial charge < -0.3 is 4.74 Å². The van der Waals surface area contributed by atoms with E-state index in [0.717, 1.165) is 17.4 Å². The Kier molecular flexibility index (Phi) is 4.58. The van der Waals surface area contributed by atoms with Crippen LogP contribution in [0.1, 0.15) is 33.0 Å². The van der Waals surface area contributed by atoms with Gasteiger partial charge in [0.25, 0.3) is 6.43 Å². The SMILES string of the molecule is CCn1c(=O)n(C2NNC(C(F)F)O2)c2cc(S(=O)(=O)NC3(C)CC3)ccc21. The first-order chi connectivity index (χ1) is 13.1. The van der Waals surface area contributed by atoms with Crippen LogP contribution in [0.5, 0.6) is 0 Å². The van der Waals surface area contributed by atoms with Crippen LogP contribution in [0.25, 0.3) is 11.0 Å². The fraction of sp³-hybridized carbons (Fsp3) is 0.562. The van der Waals surface area contributed by atoms with Gasteiger partial charge in [0.1, 0.15) is 0 Å². The average Bonchev–Trinajstić information content (AvgIpc) is 3.06. The zero-order valence-corrected chi connectivity index (χ0v) is 16.1. The number of alkyl halides is 2. The second-order valence-electron chi connectivity index (χ2n) is 7.25. The van der Waals surface area contributed by atoms with Crippen LogP contribution in [-0.2, 0) is 21.3 Å². The largest absolute Gasteiger partial charge is 0.332 e. The molecule has 2 fully saturated rings. The first-order valence-corrected chi connectivity index (χ1v) is 10.4. The van der Waals surface area contributed by atoms with E-state index in [1.807, 2.05) is 6.92 Å². The Morgan fingerprint density at radius 1 is 1.32 bits per heavy atom. The second kappa shape index (κ2) is 6.59. The minimum atomic E-state index is -3.79. The maximum atomic E-state index is 12.9. The lowest BCUT2D eigenvalue weighted by Gasteiger charge is -2.14. The number of sulfonamides is 1. The van der Waals surface area contributed by atoms with Crippen LogP contribution in [0, 0.1) is 0 Å². The number of hydrogen-bond acceptors (Lipinski definition) is 6. The number of aryl methyl sites for hydroxylation is 1. The molecule has 12 heteroatoms. The minimum absolute atomic E-state index is 0.00788. The minimum Gasteiger partial charge on any atom is -0.318 e. The summed E-state index contributed by atoms with van der Waals surface area (Å²) in [5.74, 6) is 0. The molecule has 154 valence electrons. The van der Waals surface area contributed by atoms with Crippen molar-refractivity contribution in [2.45, 2.75) is 62.7 Å². The molecule has 1 aromatic heterocycles. The number of fused-ring (bicyclic) bond motifs is 1. The highest BCUT2D eigenvalue weighted by Gasteiger charge is 2.41. The molecule has 3 N–H and O–H groups in total. The summed E-state index contributed by atoms with van der Waals surface area (Å²) in [4.78, 5) is 12.8. The molecule has 1 saturated carbocycles. The molecule has 1 aliphatic heterocycles. The van der Waals surface area contributed by atoms with Crippen molar-refractivity contribution < 1.29 is 21.9 Å². The van der Waals surface area contributed by atoms with Crippen molar-refractivity contribution in [3.63, 3.8) is 0 Å². The number of halogens is 2. The molecule has 1 aromatic carbocycles. The average molecular weight is 417 g/mol. The first kappa shape index (κ1) is 19.5. The van der Waals surface area contributed by atoms with Crippen LogP contribution in [0.15, 0.2) is 27.9 Å². The number of nitrogens with zero attached hydrogens (tertiary/aromatic N) is 2. The number of benzene rings is 1. The number of imidazole rings is 1. The Hall–Kier alpha value is -1.86. The third-order valence-corrected chi connectivity index (χ3v) is 6.67. The lowest BCUT2D eigenvalue weighted by molar-refractivity contribution is -0.0808. The molecule has 4 rings (SSSR count). The summed E-state index contributed by atoms with van der Waals surface area (Å²) >= 11 is 0. The van der Waals surface area contributed by atoms with Gasteiger partial charge in [-0.15, -0.1) is 0 Å². The molecule has 1 saturated heterocycles. The van der Waals surface area contributed by atoms with E-state index in [2.05, 4.69) is 15.6 Å². The van der Waals surface area contributed by atoms with Gasteiger partial charge in [0, 0.05) is 12.1 Å². The number of nitrogens with one attached hydrogen (secondary N) is 3. The standard InChI is InChI=1S/C16H21F2N5O4S/c1-3-22-10-5-4-9(28(25,26)21-16(2)6-7-16)8-11(10)23(15(22)24)14-20-19-13(27-14)12(17)18/h4-5,8,12-14,19-21H,3,6-7H2,1-2H3. The molecule has 28 heavy (non-hydrogen) atoms. The summed E-state index contributed by atoms with van der Waals surface area (Å²) in [5.41, 5.74) is 4.60. The van der Waals surface area contributed by atoms with Gasteiger partial charge in [-0.2, -0.15) is 0 Å². The summed E-state index contributed by atoms with van der Waals surface area (Å²) in [6.45, 7) is 3.90. The third kappa shape index (κ3) is 3.24. The third-order valence-electron chi connectivity index (χ3n) is 5.03. The van der Waals surface area contributed by atoms with Crippen LogP contribution in [0.2, 0.25) is 0 Å². The molecular weight excluding hydrogens is 396 g/mol. The first-order valence-electron chi connectivity index (χ1n) is 8.89. The fourth-order valence-corrected chi connectivity index (χ4v) is 4.73. The van der Waals surface area contributed by atoms with Crippen molar-refractivity contribution in [1.29, 1.82) is 0 Å². The highest BCUT2D eigenvalue weighted by Crippen LogP contribution is 2.36. The quantitative estimate of drug-likeness (QED) is 0.643. The summed E-state index contributed by atoms with van der Waals surface area (Å²) in [6.07, 6.45) is -4.07. The molecule has 2 aliphatic rings. The highest BCUT2D eigenvalue weighted by atomic mass is 32.2. The maximum absolute atomic E-state index is 12.9. The number of hydrazine groups is 1. The van der Waals surface area contributed by atoms with Crippen molar-refractivity contribution >= 4 is 21.1 Å². The molecule has 0 bridgehead atoms. The molecule has 1 aliphatic carbocycles. The van der Waals surface area contributed by atoms with E-state index in [-0.39, 0.29) is 10.4 Å². The summed E-state index contributed by atoms with van der Waals surface area (Å²) in [5, 5.41) is 0. The molecule has 2 aromatic rings. The Balaban J connectivity index is 1.80. The van der Waals surface area contributed by atoms with Crippen molar-refractivity contribution in [2.75, 3.05) is 0 Å². The van der Waals surface area contributed by atoms with Gasteiger partial charge in [-0.25, -0.2) is 37.6 Å². The zero-order valence-electron chi connectivity index (χ0n) is 15.3. The monoisotopic (exact) mass is 417 g/mol. The van der Waals surface area contributed by atoms with Gasteiger partial charge in [0.2, 0.25) is 16.4 Å². The predicted octanol–water partition coefficient (Wildman–Crippen LogP) is 0.825. The van der Waals surface area contributed by atoms with E-state index in [0.29, 0.717) is 12.1 Å². The lowest BCUT2D eigenvalue weighted by Crippen LogP contribution is -2.37. The number of rotatable bonds is 6. The summed E-state index contributed by atoms with van der Waals surface area (Å²) in [7, 11) is -3.79. The predicted molar refractivity (Wildman–Crippen MR) is 96.0 cm³/mol. The number of ether oxygens (including phenoxy) is 1. The molecule has 0 radical (unpaired) electrons. The van der Waals surface area contributed by atoms with E-state index >= 15 is 0 Å². The van der Waals surface area contributed by atoms with Crippen LogP contribution >= 0.6 is 0 Å². The van der Waals surface area contributed by atoms with E-state index in [1.165, 1.54) is 22.8 Å². The number of hydrogen-bond donors (Lipinski definition) is 3. The van der Waals surface area contributed by atoms with Gasteiger partial charge in [-0.3, -0.25) is 9.13 Å². The smallest absolute Gasteiger partial charge is 0.318 e. The van der Waals surface area contributed by atoms with Gasteiger partial charge in [-0.1, -0.05) is 0 Å². The van der Waals surface area contributed by atoms with E-state index in [4.69, 9.17) is 4.74 Å². The topological polar surface area (TPSA) is 106 Å². The second-order valence-corrected chi connectivity index (χ2v) is 8.93. The molecule has 2 atom stereocenters. The van der Waals surface area contributed by atoms with E-state index in [1.54, 1.807) is 6.92 Å². The van der Waals surface area contributed by atoms with Crippen LogP contribution in [-0.4, -0.2) is 35.7 Å². The van der Waals surface area contributed by atoms with E-state index < -0.39 is 40.3 Å². The molecule has 2 heterocycles. The molecular formula is C16H21F2N5O4S. The molecule has 0 amide bonds. The Bertz CT molecular complexity index is 1080. The van der Waals surface area contributed by atoms with Gasteiger partial charge in [0.15, 0.2) is 6.23 Å². The fourth-order valence-electron chi connectivity index (χ4n) is 3.24. The van der Waals surface area contributed by atoms with Crippen LogP contribution < -0.4 is 21.3 Å². The Labute approximate surface area is 159 Å². The van der Waals surface area contributed by atoms with Crippen molar-refractivity contribution in [2.24, 2.45) is 0 Å². The summed E-state index contributed by atoms with van der Waals surface area (Å²) in [6, 6.07) is 4.32. The normalized spacial score (nSPS) is 24.3. The van der Waals surface area contributed by atoms with Crippen LogP contribution in [0.4, 0.5) is 8.78 Å². The Morgan fingerprint density at radius 2 is 2.04 bits per heavy atom. The van der Waals surface area contributed by atoms with Crippen molar-refractivity contribution in [3.8, 4) is 0 Å². The van der Waals surface area contributed by atoms with Crippen molar-refractivity contribution in [3.05, 3.63) is 28.7 Å².